The Bertz CT molecular complexity index is 904. The molecule has 3 aliphatic rings. The molecular weight excluding hydrogens is 385 g/mol. The van der Waals surface area contributed by atoms with Gasteiger partial charge in [-0.3, -0.25) is 4.90 Å². The first-order valence-electron chi connectivity index (χ1n) is 11.0. The third kappa shape index (κ3) is 4.15. The van der Waals surface area contributed by atoms with Gasteiger partial charge in [-0.2, -0.15) is 13.2 Å². The van der Waals surface area contributed by atoms with Crippen LogP contribution in [0, 0.1) is 5.41 Å². The van der Waals surface area contributed by atoms with Gasteiger partial charge in [-0.25, -0.2) is 0 Å². The minimum absolute atomic E-state index is 0.317. The molecule has 2 aromatic rings. The van der Waals surface area contributed by atoms with Crippen molar-refractivity contribution in [3.05, 3.63) is 70.8 Å². The van der Waals surface area contributed by atoms with Crippen LogP contribution in [0.5, 0.6) is 0 Å². The van der Waals surface area contributed by atoms with E-state index >= 15 is 0 Å². The first-order chi connectivity index (χ1) is 14.3. The first-order valence-corrected chi connectivity index (χ1v) is 11.0. The standard InChI is InChI=1S/C25H29F3N2/c1-29(23-14-22(23)19-5-3-2-4-6-19)16-24(10-11-24)17-30-12-9-18-7-8-21(25(26,27)28)13-20(18)15-30/h2-8,13,22-23H,9-12,14-17H2,1H3. The summed E-state index contributed by atoms with van der Waals surface area (Å²) in [5.41, 5.74) is 3.16. The maximum atomic E-state index is 13.1. The van der Waals surface area contributed by atoms with Gasteiger partial charge in [0.25, 0.3) is 0 Å². The Morgan fingerprint density at radius 3 is 2.53 bits per heavy atom. The number of fused-ring (bicyclic) bond motifs is 1. The summed E-state index contributed by atoms with van der Waals surface area (Å²) >= 11 is 0. The second-order valence-electron chi connectivity index (χ2n) is 9.68. The largest absolute Gasteiger partial charge is 0.416 e. The van der Waals surface area contributed by atoms with E-state index in [-0.39, 0.29) is 0 Å². The summed E-state index contributed by atoms with van der Waals surface area (Å²) in [7, 11) is 2.24. The van der Waals surface area contributed by atoms with E-state index in [2.05, 4.69) is 47.2 Å². The third-order valence-corrected chi connectivity index (χ3v) is 7.28. The number of hydrogen-bond acceptors (Lipinski definition) is 2. The zero-order chi connectivity index (χ0) is 20.9. The van der Waals surface area contributed by atoms with Crippen molar-refractivity contribution in [3.63, 3.8) is 0 Å². The predicted molar refractivity (Wildman–Crippen MR) is 112 cm³/mol. The minimum Gasteiger partial charge on any atom is -0.302 e. The van der Waals surface area contributed by atoms with Crippen LogP contribution in [-0.4, -0.2) is 42.5 Å². The normalized spacial score (nSPS) is 25.2. The van der Waals surface area contributed by atoms with Crippen LogP contribution in [0.3, 0.4) is 0 Å². The lowest BCUT2D eigenvalue weighted by atomic mass is 9.95. The summed E-state index contributed by atoms with van der Waals surface area (Å²) in [5.74, 6) is 0.648. The Balaban J connectivity index is 1.20. The van der Waals surface area contributed by atoms with Crippen LogP contribution in [0.2, 0.25) is 0 Å². The molecule has 1 heterocycles. The molecule has 0 saturated heterocycles. The van der Waals surface area contributed by atoms with E-state index < -0.39 is 11.7 Å². The van der Waals surface area contributed by atoms with Gasteiger partial charge in [0.05, 0.1) is 5.56 Å². The number of benzene rings is 2. The van der Waals surface area contributed by atoms with E-state index in [1.54, 1.807) is 6.07 Å². The van der Waals surface area contributed by atoms with Crippen molar-refractivity contribution in [1.29, 1.82) is 0 Å². The molecule has 5 heteroatoms. The molecule has 2 fully saturated rings. The fourth-order valence-corrected chi connectivity index (χ4v) is 5.32. The van der Waals surface area contributed by atoms with Gasteiger partial charge in [-0.05, 0) is 67.0 Å². The Morgan fingerprint density at radius 2 is 1.83 bits per heavy atom. The Kier molecular flexibility index (Phi) is 4.94. The number of rotatable bonds is 6. The molecular formula is C25H29F3N2. The summed E-state index contributed by atoms with van der Waals surface area (Å²) in [4.78, 5) is 4.91. The lowest BCUT2D eigenvalue weighted by Crippen LogP contribution is -2.40. The maximum Gasteiger partial charge on any atom is 0.416 e. The molecule has 2 unspecified atom stereocenters. The second-order valence-corrected chi connectivity index (χ2v) is 9.68. The Labute approximate surface area is 176 Å². The lowest BCUT2D eigenvalue weighted by molar-refractivity contribution is -0.137. The van der Waals surface area contributed by atoms with Gasteiger partial charge in [0.2, 0.25) is 0 Å². The van der Waals surface area contributed by atoms with E-state index in [0.29, 0.717) is 23.9 Å². The van der Waals surface area contributed by atoms with E-state index in [1.165, 1.54) is 37.0 Å². The highest BCUT2D eigenvalue weighted by atomic mass is 19.4. The molecule has 2 saturated carbocycles. The zero-order valence-electron chi connectivity index (χ0n) is 17.5. The average Bonchev–Trinajstić information content (AvgIpc) is 3.63. The quantitative estimate of drug-likeness (QED) is 0.630. The van der Waals surface area contributed by atoms with Gasteiger partial charge in [0.15, 0.2) is 0 Å². The van der Waals surface area contributed by atoms with Crippen LogP contribution in [0.15, 0.2) is 48.5 Å². The molecule has 2 aromatic carbocycles. The molecule has 5 rings (SSSR count). The van der Waals surface area contributed by atoms with Crippen LogP contribution in [0.1, 0.15) is 47.4 Å². The van der Waals surface area contributed by atoms with Crippen molar-refractivity contribution in [2.75, 3.05) is 26.7 Å². The zero-order valence-corrected chi connectivity index (χ0v) is 17.5. The molecule has 2 aliphatic carbocycles. The van der Waals surface area contributed by atoms with Gasteiger partial charge < -0.3 is 4.90 Å². The predicted octanol–water partition coefficient (Wildman–Crippen LogP) is 5.33. The Morgan fingerprint density at radius 1 is 1.07 bits per heavy atom. The number of alkyl halides is 3. The van der Waals surface area contributed by atoms with E-state index in [0.717, 1.165) is 37.2 Å². The average molecular weight is 415 g/mol. The molecule has 0 N–H and O–H groups in total. The molecule has 30 heavy (non-hydrogen) atoms. The van der Waals surface area contributed by atoms with Crippen LogP contribution >= 0.6 is 0 Å². The number of nitrogens with zero attached hydrogens (tertiary/aromatic N) is 2. The van der Waals surface area contributed by atoms with Crippen molar-refractivity contribution in [2.45, 2.75) is 50.4 Å². The van der Waals surface area contributed by atoms with E-state index in [4.69, 9.17) is 0 Å². The van der Waals surface area contributed by atoms with Gasteiger partial charge in [0.1, 0.15) is 0 Å². The van der Waals surface area contributed by atoms with Crippen molar-refractivity contribution in [1.82, 2.24) is 9.80 Å². The van der Waals surface area contributed by atoms with Crippen LogP contribution in [0.25, 0.3) is 0 Å². The second kappa shape index (κ2) is 7.38. The van der Waals surface area contributed by atoms with Gasteiger partial charge in [0, 0.05) is 38.1 Å². The Hall–Kier alpha value is -1.85. The summed E-state index contributed by atoms with van der Waals surface area (Å²) in [6, 6.07) is 15.6. The molecule has 1 aliphatic heterocycles. The van der Waals surface area contributed by atoms with Crippen molar-refractivity contribution in [3.8, 4) is 0 Å². The van der Waals surface area contributed by atoms with Crippen molar-refractivity contribution < 1.29 is 13.2 Å². The number of hydrogen-bond donors (Lipinski definition) is 0. The summed E-state index contributed by atoms with van der Waals surface area (Å²) < 4.78 is 39.3. The monoisotopic (exact) mass is 414 g/mol. The summed E-state index contributed by atoms with van der Waals surface area (Å²) in [6.07, 6.45) is 0.265. The van der Waals surface area contributed by atoms with Gasteiger partial charge in [-0.15, -0.1) is 0 Å². The fraction of sp³-hybridized carbons (Fsp3) is 0.520. The van der Waals surface area contributed by atoms with Crippen LogP contribution in [-0.2, 0) is 19.1 Å². The maximum absolute atomic E-state index is 13.1. The molecule has 160 valence electrons. The van der Waals surface area contributed by atoms with Gasteiger partial charge >= 0.3 is 6.18 Å². The van der Waals surface area contributed by atoms with Crippen molar-refractivity contribution >= 4 is 0 Å². The van der Waals surface area contributed by atoms with Gasteiger partial charge in [-0.1, -0.05) is 36.4 Å². The van der Waals surface area contributed by atoms with E-state index in [1.807, 2.05) is 0 Å². The first kappa shape index (κ1) is 20.1. The fourth-order valence-electron chi connectivity index (χ4n) is 5.32. The molecule has 0 radical (unpaired) electrons. The lowest BCUT2D eigenvalue weighted by Gasteiger charge is -2.34. The SMILES string of the molecule is CN(CC1(CN2CCc3ccc(C(F)(F)F)cc3C2)CC1)C1CC1c1ccccc1. The van der Waals surface area contributed by atoms with Crippen LogP contribution in [0.4, 0.5) is 13.2 Å². The minimum atomic E-state index is -4.27. The molecule has 0 amide bonds. The van der Waals surface area contributed by atoms with E-state index in [9.17, 15) is 13.2 Å². The highest BCUT2D eigenvalue weighted by molar-refractivity contribution is 5.35. The molecule has 0 bridgehead atoms. The smallest absolute Gasteiger partial charge is 0.302 e. The molecule has 2 atom stereocenters. The number of halogens is 3. The van der Waals surface area contributed by atoms with Crippen LogP contribution < -0.4 is 0 Å². The highest BCUT2D eigenvalue weighted by Gasteiger charge is 2.49. The third-order valence-electron chi connectivity index (χ3n) is 7.28. The summed E-state index contributed by atoms with van der Waals surface area (Å²) in [5, 5.41) is 0. The molecule has 2 nitrogen and oxygen atoms in total. The highest BCUT2D eigenvalue weighted by Crippen LogP contribution is 2.51. The molecule has 0 aromatic heterocycles. The van der Waals surface area contributed by atoms with Crippen molar-refractivity contribution in [2.24, 2.45) is 5.41 Å². The summed E-state index contributed by atoms with van der Waals surface area (Å²) in [6.45, 7) is 3.67. The number of likely N-dealkylation sites (N-methyl/N-ethyl adjacent to an activating group) is 1. The molecule has 0 spiro atoms. The topological polar surface area (TPSA) is 6.48 Å².